The lowest BCUT2D eigenvalue weighted by Gasteiger charge is -1.99. The predicted octanol–water partition coefficient (Wildman–Crippen LogP) is 0.759. The van der Waals surface area contributed by atoms with Gasteiger partial charge in [-0.15, -0.1) is 6.42 Å². The monoisotopic (exact) mass is 139 g/mol. The molecule has 0 unspecified atom stereocenters. The number of rotatable bonds is 6. The Bertz CT molecular complexity index is 115. The summed E-state index contributed by atoms with van der Waals surface area (Å²) in [4.78, 5) is 0. The van der Waals surface area contributed by atoms with Crippen LogP contribution in [-0.4, -0.2) is 19.7 Å². The van der Waals surface area contributed by atoms with Crippen molar-refractivity contribution in [1.82, 2.24) is 5.32 Å². The maximum atomic E-state index is 5.01. The van der Waals surface area contributed by atoms with E-state index in [1.54, 1.807) is 0 Å². The standard InChI is InChI=1S/C8H13NO/c1-3-6-9-7-5-8-10-4-2/h1,4,9H,2,5-8H2. The van der Waals surface area contributed by atoms with E-state index in [-0.39, 0.29) is 0 Å². The molecule has 0 aromatic carbocycles. The van der Waals surface area contributed by atoms with Crippen LogP contribution in [0.1, 0.15) is 6.42 Å². The lowest BCUT2D eigenvalue weighted by Crippen LogP contribution is -2.16. The van der Waals surface area contributed by atoms with E-state index in [2.05, 4.69) is 17.8 Å². The van der Waals surface area contributed by atoms with Crippen LogP contribution in [0, 0.1) is 12.3 Å². The lowest BCUT2D eigenvalue weighted by molar-refractivity contribution is 0.245. The van der Waals surface area contributed by atoms with Gasteiger partial charge in [0.25, 0.3) is 0 Å². The number of hydrogen-bond donors (Lipinski definition) is 1. The molecule has 2 heteroatoms. The van der Waals surface area contributed by atoms with E-state index in [1.165, 1.54) is 6.26 Å². The van der Waals surface area contributed by atoms with Crippen LogP contribution in [-0.2, 0) is 4.74 Å². The molecule has 0 aliphatic carbocycles. The summed E-state index contributed by atoms with van der Waals surface area (Å²) >= 11 is 0. The highest BCUT2D eigenvalue weighted by Gasteiger charge is 1.83. The van der Waals surface area contributed by atoms with Gasteiger partial charge in [-0.05, 0) is 13.0 Å². The van der Waals surface area contributed by atoms with E-state index in [0.29, 0.717) is 13.2 Å². The highest BCUT2D eigenvalue weighted by molar-refractivity contribution is 4.86. The molecular weight excluding hydrogens is 126 g/mol. The van der Waals surface area contributed by atoms with Crippen molar-refractivity contribution >= 4 is 0 Å². The smallest absolute Gasteiger partial charge is 0.0885 e. The van der Waals surface area contributed by atoms with Crippen LogP contribution in [0.25, 0.3) is 0 Å². The van der Waals surface area contributed by atoms with Crippen LogP contribution in [0.3, 0.4) is 0 Å². The molecule has 0 heterocycles. The fraction of sp³-hybridized carbons (Fsp3) is 0.500. The highest BCUT2D eigenvalue weighted by atomic mass is 16.5. The quantitative estimate of drug-likeness (QED) is 0.333. The van der Waals surface area contributed by atoms with Gasteiger partial charge in [0.15, 0.2) is 0 Å². The molecule has 0 amide bonds. The molecule has 0 spiro atoms. The maximum Gasteiger partial charge on any atom is 0.0885 e. The van der Waals surface area contributed by atoms with Crippen LogP contribution >= 0.6 is 0 Å². The number of terminal acetylenes is 1. The van der Waals surface area contributed by atoms with Crippen molar-refractivity contribution in [2.24, 2.45) is 0 Å². The Morgan fingerprint density at radius 3 is 3.10 bits per heavy atom. The van der Waals surface area contributed by atoms with Gasteiger partial charge >= 0.3 is 0 Å². The zero-order valence-corrected chi connectivity index (χ0v) is 6.10. The van der Waals surface area contributed by atoms with Crippen molar-refractivity contribution in [3.05, 3.63) is 12.8 Å². The molecule has 0 bridgehead atoms. The van der Waals surface area contributed by atoms with Crippen LogP contribution in [0.15, 0.2) is 12.8 Å². The van der Waals surface area contributed by atoms with E-state index in [4.69, 9.17) is 11.2 Å². The van der Waals surface area contributed by atoms with Gasteiger partial charge in [-0.3, -0.25) is 0 Å². The van der Waals surface area contributed by atoms with Gasteiger partial charge in [-0.2, -0.15) is 0 Å². The summed E-state index contributed by atoms with van der Waals surface area (Å²) in [6.07, 6.45) is 7.42. The summed E-state index contributed by atoms with van der Waals surface area (Å²) in [7, 11) is 0. The molecule has 0 saturated heterocycles. The van der Waals surface area contributed by atoms with E-state index in [9.17, 15) is 0 Å². The second-order valence-corrected chi connectivity index (χ2v) is 1.77. The maximum absolute atomic E-state index is 5.01. The first-order chi connectivity index (χ1) is 4.91. The largest absolute Gasteiger partial charge is 0.502 e. The van der Waals surface area contributed by atoms with E-state index in [0.717, 1.165) is 13.0 Å². The van der Waals surface area contributed by atoms with Crippen molar-refractivity contribution < 1.29 is 4.74 Å². The molecule has 0 aromatic heterocycles. The highest BCUT2D eigenvalue weighted by Crippen LogP contribution is 1.79. The molecule has 0 saturated carbocycles. The van der Waals surface area contributed by atoms with Gasteiger partial charge in [0.05, 0.1) is 19.4 Å². The van der Waals surface area contributed by atoms with E-state index in [1.807, 2.05) is 0 Å². The second kappa shape index (κ2) is 8.06. The molecule has 0 rings (SSSR count). The summed E-state index contributed by atoms with van der Waals surface area (Å²) in [5.74, 6) is 2.49. The first kappa shape index (κ1) is 9.06. The fourth-order valence-electron chi connectivity index (χ4n) is 0.524. The average molecular weight is 139 g/mol. The Hall–Kier alpha value is -0.940. The van der Waals surface area contributed by atoms with Crippen molar-refractivity contribution in [1.29, 1.82) is 0 Å². The Morgan fingerprint density at radius 2 is 2.50 bits per heavy atom. The van der Waals surface area contributed by atoms with Gasteiger partial charge in [0, 0.05) is 0 Å². The van der Waals surface area contributed by atoms with Gasteiger partial charge in [-0.1, -0.05) is 12.5 Å². The number of hydrogen-bond acceptors (Lipinski definition) is 2. The minimum absolute atomic E-state index is 0.633. The lowest BCUT2D eigenvalue weighted by atomic mass is 10.4. The molecule has 0 aliphatic rings. The van der Waals surface area contributed by atoms with Crippen molar-refractivity contribution in [3.8, 4) is 12.3 Å². The molecule has 0 aromatic rings. The Labute approximate surface area is 62.3 Å². The normalized spacial score (nSPS) is 8.30. The average Bonchev–Trinajstić information content (AvgIpc) is 1.97. The van der Waals surface area contributed by atoms with Crippen molar-refractivity contribution in [3.63, 3.8) is 0 Å². The molecule has 56 valence electrons. The third-order valence-corrected chi connectivity index (χ3v) is 0.961. The van der Waals surface area contributed by atoms with E-state index >= 15 is 0 Å². The SMILES string of the molecule is C#CCNCCCOC=C. The molecular formula is C8H13NO. The summed E-state index contributed by atoms with van der Waals surface area (Å²) in [6, 6.07) is 0. The van der Waals surface area contributed by atoms with Crippen LogP contribution < -0.4 is 5.32 Å². The van der Waals surface area contributed by atoms with Gasteiger partial charge in [-0.25, -0.2) is 0 Å². The fourth-order valence-corrected chi connectivity index (χ4v) is 0.524. The summed E-state index contributed by atoms with van der Waals surface area (Å²) in [6.45, 7) is 5.66. The molecule has 0 fully saturated rings. The molecule has 2 nitrogen and oxygen atoms in total. The predicted molar refractivity (Wildman–Crippen MR) is 42.5 cm³/mol. The molecule has 0 atom stereocenters. The zero-order valence-electron chi connectivity index (χ0n) is 6.10. The van der Waals surface area contributed by atoms with Gasteiger partial charge in [0.2, 0.25) is 0 Å². The topological polar surface area (TPSA) is 21.3 Å². The Kier molecular flexibility index (Phi) is 7.30. The van der Waals surface area contributed by atoms with Gasteiger partial charge in [0.1, 0.15) is 0 Å². The summed E-state index contributed by atoms with van der Waals surface area (Å²) < 4.78 is 4.89. The summed E-state index contributed by atoms with van der Waals surface area (Å²) in [5.41, 5.74) is 0. The first-order valence-electron chi connectivity index (χ1n) is 3.28. The molecule has 0 radical (unpaired) electrons. The molecule has 1 N–H and O–H groups in total. The number of nitrogens with one attached hydrogen (secondary N) is 1. The third-order valence-electron chi connectivity index (χ3n) is 0.961. The molecule has 0 aliphatic heterocycles. The number of ether oxygens (including phenoxy) is 1. The Morgan fingerprint density at radius 1 is 1.70 bits per heavy atom. The Balaban J connectivity index is 2.78. The van der Waals surface area contributed by atoms with E-state index < -0.39 is 0 Å². The summed E-state index contributed by atoms with van der Waals surface area (Å²) in [5, 5.41) is 3.04. The zero-order chi connectivity index (χ0) is 7.66. The van der Waals surface area contributed by atoms with Crippen LogP contribution in [0.2, 0.25) is 0 Å². The minimum atomic E-state index is 0.633. The van der Waals surface area contributed by atoms with Crippen LogP contribution in [0.5, 0.6) is 0 Å². The van der Waals surface area contributed by atoms with Crippen molar-refractivity contribution in [2.45, 2.75) is 6.42 Å². The van der Waals surface area contributed by atoms with Crippen LogP contribution in [0.4, 0.5) is 0 Å². The third kappa shape index (κ3) is 7.06. The van der Waals surface area contributed by atoms with Gasteiger partial charge < -0.3 is 10.1 Å². The van der Waals surface area contributed by atoms with Crippen molar-refractivity contribution in [2.75, 3.05) is 19.7 Å². The second-order valence-electron chi connectivity index (χ2n) is 1.77. The molecule has 10 heavy (non-hydrogen) atoms. The minimum Gasteiger partial charge on any atom is -0.502 e. The first-order valence-corrected chi connectivity index (χ1v) is 3.28.